The molecule has 1 atom stereocenters. The van der Waals surface area contributed by atoms with Gasteiger partial charge in [0.15, 0.2) is 0 Å². The van der Waals surface area contributed by atoms with E-state index in [2.05, 4.69) is 23.7 Å². The minimum atomic E-state index is -0.0325. The zero-order valence-electron chi connectivity index (χ0n) is 11.8. The van der Waals surface area contributed by atoms with Crippen LogP contribution < -0.4 is 0 Å². The molecule has 20 heavy (non-hydrogen) atoms. The first-order valence-electron chi connectivity index (χ1n) is 7.10. The van der Waals surface area contributed by atoms with Crippen LogP contribution in [0, 0.1) is 17.8 Å². The minimum Gasteiger partial charge on any atom is -0.395 e. The summed E-state index contributed by atoms with van der Waals surface area (Å²) in [5, 5.41) is 8.76. The second-order valence-corrected chi connectivity index (χ2v) is 4.99. The Bertz CT molecular complexity index is 531. The van der Waals surface area contributed by atoms with Gasteiger partial charge in [0.2, 0.25) is 0 Å². The summed E-state index contributed by atoms with van der Waals surface area (Å²) in [6.07, 6.45) is 4.21. The number of aliphatic hydroxyl groups is 1. The Hall–Kier alpha value is -1.86. The van der Waals surface area contributed by atoms with E-state index in [1.54, 1.807) is 18.3 Å². The van der Waals surface area contributed by atoms with E-state index in [-0.39, 0.29) is 12.5 Å². The van der Waals surface area contributed by atoms with Crippen molar-refractivity contribution in [3.63, 3.8) is 0 Å². The highest BCUT2D eigenvalue weighted by atomic mass is 16.2. The number of pyridine rings is 1. The zero-order chi connectivity index (χ0) is 14.4. The molecule has 1 aliphatic rings. The molecule has 0 bridgehead atoms. The van der Waals surface area contributed by atoms with E-state index >= 15 is 0 Å². The van der Waals surface area contributed by atoms with Gasteiger partial charge in [-0.3, -0.25) is 4.79 Å². The molecule has 1 amide bonds. The summed E-state index contributed by atoms with van der Waals surface area (Å²) in [5.41, 5.74) is 1.07. The molecule has 0 spiro atoms. The number of hydrogen-bond donors (Lipinski definition) is 1. The van der Waals surface area contributed by atoms with E-state index in [0.717, 1.165) is 25.9 Å². The predicted octanol–water partition coefficient (Wildman–Crippen LogP) is 1.69. The van der Waals surface area contributed by atoms with Gasteiger partial charge in [-0.25, -0.2) is 4.98 Å². The van der Waals surface area contributed by atoms with E-state index in [4.69, 9.17) is 5.11 Å². The largest absolute Gasteiger partial charge is 0.395 e. The second-order valence-electron chi connectivity index (χ2n) is 4.99. The van der Waals surface area contributed by atoms with E-state index in [9.17, 15) is 4.79 Å². The van der Waals surface area contributed by atoms with Crippen molar-refractivity contribution in [2.45, 2.75) is 26.2 Å². The molecular formula is C16H20N2O2. The molecular weight excluding hydrogens is 252 g/mol. The number of rotatable bonds is 3. The molecule has 1 fully saturated rings. The molecule has 2 heterocycles. The number of nitrogens with zero attached hydrogens (tertiary/aromatic N) is 2. The molecule has 106 valence electrons. The van der Waals surface area contributed by atoms with Crippen LogP contribution in [0.3, 0.4) is 0 Å². The first-order chi connectivity index (χ1) is 9.76. The molecule has 4 nitrogen and oxygen atoms in total. The number of aromatic nitrogens is 1. The lowest BCUT2D eigenvalue weighted by Gasteiger charge is -2.16. The van der Waals surface area contributed by atoms with Crippen molar-refractivity contribution in [2.75, 3.05) is 19.7 Å². The summed E-state index contributed by atoms with van der Waals surface area (Å²) in [4.78, 5) is 18.6. The summed E-state index contributed by atoms with van der Waals surface area (Å²) in [5.74, 6) is 6.34. The summed E-state index contributed by atoms with van der Waals surface area (Å²) in [7, 11) is 0. The lowest BCUT2D eigenvalue weighted by molar-refractivity contribution is 0.0781. The van der Waals surface area contributed by atoms with Crippen LogP contribution in [-0.2, 0) is 0 Å². The molecule has 1 saturated heterocycles. The average Bonchev–Trinajstić information content (AvgIpc) is 2.96. The van der Waals surface area contributed by atoms with Gasteiger partial charge in [0.1, 0.15) is 5.69 Å². The highest BCUT2D eigenvalue weighted by molar-refractivity contribution is 5.94. The lowest BCUT2D eigenvalue weighted by atomic mass is 10.1. The van der Waals surface area contributed by atoms with Crippen molar-refractivity contribution in [1.82, 2.24) is 9.88 Å². The van der Waals surface area contributed by atoms with Crippen molar-refractivity contribution in [1.29, 1.82) is 0 Å². The molecule has 0 saturated carbocycles. The fraction of sp³-hybridized carbons (Fsp3) is 0.500. The molecule has 1 aromatic rings. The molecule has 0 aromatic carbocycles. The summed E-state index contributed by atoms with van der Waals surface area (Å²) >= 11 is 0. The maximum atomic E-state index is 12.5. The third-order valence-electron chi connectivity index (χ3n) is 3.62. The maximum absolute atomic E-state index is 12.5. The van der Waals surface area contributed by atoms with Crippen LogP contribution in [-0.4, -0.2) is 40.6 Å². The summed E-state index contributed by atoms with van der Waals surface area (Å²) in [6, 6.07) is 3.58. The van der Waals surface area contributed by atoms with Crippen molar-refractivity contribution >= 4 is 5.91 Å². The van der Waals surface area contributed by atoms with Gasteiger partial charge in [0.05, 0.1) is 12.2 Å². The van der Waals surface area contributed by atoms with E-state index in [0.29, 0.717) is 23.6 Å². The first kappa shape index (κ1) is 14.5. The number of carbonyl (C=O) groups excluding carboxylic acids is 1. The molecule has 1 unspecified atom stereocenters. The number of carbonyl (C=O) groups is 1. The predicted molar refractivity (Wildman–Crippen MR) is 77.1 cm³/mol. The lowest BCUT2D eigenvalue weighted by Crippen LogP contribution is -2.30. The van der Waals surface area contributed by atoms with Crippen molar-refractivity contribution < 1.29 is 9.90 Å². The van der Waals surface area contributed by atoms with Crippen LogP contribution in [0.4, 0.5) is 0 Å². The fourth-order valence-corrected chi connectivity index (χ4v) is 2.39. The third kappa shape index (κ3) is 3.37. The van der Waals surface area contributed by atoms with Crippen molar-refractivity contribution in [3.8, 4) is 11.8 Å². The van der Waals surface area contributed by atoms with Crippen LogP contribution >= 0.6 is 0 Å². The maximum Gasteiger partial charge on any atom is 0.273 e. The molecule has 0 aliphatic carbocycles. The average molecular weight is 272 g/mol. The zero-order valence-corrected chi connectivity index (χ0v) is 11.8. The molecule has 1 aliphatic heterocycles. The van der Waals surface area contributed by atoms with Gasteiger partial charge in [-0.05, 0) is 24.5 Å². The highest BCUT2D eigenvalue weighted by Gasteiger charge is 2.27. The third-order valence-corrected chi connectivity index (χ3v) is 3.62. The SMILES string of the molecule is CCC1CCN(C(=O)c2ncccc2C#CCCO)C1. The Morgan fingerprint density at radius 1 is 1.60 bits per heavy atom. The van der Waals surface area contributed by atoms with Gasteiger partial charge in [-0.2, -0.15) is 0 Å². The number of aliphatic hydroxyl groups excluding tert-OH is 1. The molecule has 0 radical (unpaired) electrons. The second kappa shape index (κ2) is 7.06. The topological polar surface area (TPSA) is 53.4 Å². The quantitative estimate of drug-likeness (QED) is 0.852. The van der Waals surface area contributed by atoms with Crippen molar-refractivity contribution in [3.05, 3.63) is 29.6 Å². The van der Waals surface area contributed by atoms with Crippen LogP contribution in [0.15, 0.2) is 18.3 Å². The van der Waals surface area contributed by atoms with Gasteiger partial charge >= 0.3 is 0 Å². The van der Waals surface area contributed by atoms with Crippen molar-refractivity contribution in [2.24, 2.45) is 5.92 Å². The van der Waals surface area contributed by atoms with E-state index in [1.165, 1.54) is 0 Å². The monoisotopic (exact) mass is 272 g/mol. The molecule has 1 N–H and O–H groups in total. The molecule has 4 heteroatoms. The summed E-state index contributed by atoms with van der Waals surface area (Å²) in [6.45, 7) is 3.80. The van der Waals surface area contributed by atoms with Gasteiger partial charge in [-0.15, -0.1) is 0 Å². The highest BCUT2D eigenvalue weighted by Crippen LogP contribution is 2.21. The van der Waals surface area contributed by atoms with Crippen LogP contribution in [0.1, 0.15) is 42.2 Å². The standard InChI is InChI=1S/C16H20N2O2/c1-2-13-8-10-18(12-13)16(20)15-14(6-3-4-11-19)7-5-9-17-15/h5,7,9,13,19H,2,4,8,10-12H2,1H3. The Balaban J connectivity index is 2.16. The van der Waals surface area contributed by atoms with Crippen LogP contribution in [0.2, 0.25) is 0 Å². The van der Waals surface area contributed by atoms with Crippen LogP contribution in [0.25, 0.3) is 0 Å². The Labute approximate surface area is 119 Å². The summed E-state index contributed by atoms with van der Waals surface area (Å²) < 4.78 is 0. The fourth-order valence-electron chi connectivity index (χ4n) is 2.39. The van der Waals surface area contributed by atoms with Gasteiger partial charge in [-0.1, -0.05) is 25.2 Å². The minimum absolute atomic E-state index is 0.0286. The number of amides is 1. The van der Waals surface area contributed by atoms with Gasteiger partial charge < -0.3 is 10.0 Å². The Morgan fingerprint density at radius 3 is 3.15 bits per heavy atom. The van der Waals surface area contributed by atoms with E-state index < -0.39 is 0 Å². The Morgan fingerprint density at radius 2 is 2.45 bits per heavy atom. The smallest absolute Gasteiger partial charge is 0.273 e. The number of likely N-dealkylation sites (tertiary alicyclic amines) is 1. The Kier molecular flexibility index (Phi) is 5.14. The van der Waals surface area contributed by atoms with Gasteiger partial charge in [0.25, 0.3) is 5.91 Å². The van der Waals surface area contributed by atoms with E-state index in [1.807, 2.05) is 4.90 Å². The number of hydrogen-bond acceptors (Lipinski definition) is 3. The first-order valence-corrected chi connectivity index (χ1v) is 7.10. The molecule has 1 aromatic heterocycles. The van der Waals surface area contributed by atoms with Gasteiger partial charge in [0, 0.05) is 25.7 Å². The normalized spacial score (nSPS) is 17.7. The molecule has 2 rings (SSSR count). The van der Waals surface area contributed by atoms with Crippen LogP contribution in [0.5, 0.6) is 0 Å².